The molecule has 6 rings (SSSR count). The third kappa shape index (κ3) is 2.43. The number of rotatable bonds is 4. The van der Waals surface area contributed by atoms with Crippen LogP contribution in [0.4, 0.5) is 11.4 Å². The predicted molar refractivity (Wildman–Crippen MR) is 109 cm³/mol. The Morgan fingerprint density at radius 2 is 1.65 bits per heavy atom. The smallest absolute Gasteiger partial charge is 0.278 e. The summed E-state index contributed by atoms with van der Waals surface area (Å²) in [6.45, 7) is 0.273. The first kappa shape index (κ1) is 18.2. The van der Waals surface area contributed by atoms with Gasteiger partial charge < -0.3 is 0 Å². The van der Waals surface area contributed by atoms with Crippen LogP contribution < -0.4 is 5.01 Å². The number of imide groups is 1. The Morgan fingerprint density at radius 1 is 0.968 bits per heavy atom. The van der Waals surface area contributed by atoms with Gasteiger partial charge in [-0.15, -0.1) is 0 Å². The van der Waals surface area contributed by atoms with Crippen LogP contribution in [-0.2, 0) is 16.1 Å². The van der Waals surface area contributed by atoms with E-state index in [9.17, 15) is 19.7 Å². The fourth-order valence-electron chi connectivity index (χ4n) is 6.09. The van der Waals surface area contributed by atoms with Gasteiger partial charge in [0, 0.05) is 6.07 Å². The molecule has 2 saturated carbocycles. The standard InChI is InChI=1S/C22H19N5O4/c28-21-17-13-10-14(18(17)22(29)25(21)11-12-6-2-1-3-7-12)20-19(13)23-24-26(20)15-8-4-5-9-16(15)27(30)31/h1-9,13-14,17-20H,10-11H2/t13-,14+,17+,18+,19-,20-/m1/s1. The molecule has 2 bridgehead atoms. The van der Waals surface area contributed by atoms with Crippen molar-refractivity contribution in [3.63, 3.8) is 0 Å². The summed E-state index contributed by atoms with van der Waals surface area (Å²) in [5.74, 6) is -1.20. The normalized spacial score (nSPS) is 32.6. The molecule has 0 radical (unpaired) electrons. The number of hydrogen-bond donors (Lipinski definition) is 0. The minimum Gasteiger partial charge on any atom is -0.278 e. The average molecular weight is 417 g/mol. The van der Waals surface area contributed by atoms with Crippen LogP contribution in [0.2, 0.25) is 0 Å². The maximum atomic E-state index is 13.3. The number of carbonyl (C=O) groups is 2. The van der Waals surface area contributed by atoms with E-state index in [2.05, 4.69) is 10.3 Å². The van der Waals surface area contributed by atoms with Crippen molar-refractivity contribution in [3.05, 3.63) is 70.3 Å². The molecule has 2 aliphatic heterocycles. The SMILES string of the molecule is O=C1[C@H]2[C@H]3C[C@@H]([C@@H]2C(=O)N1Cc1ccccc1)[C@@H]1[C@@H]3N=NN1c1ccccc1[N+](=O)[O-]. The Morgan fingerprint density at radius 3 is 2.39 bits per heavy atom. The summed E-state index contributed by atoms with van der Waals surface area (Å²) < 4.78 is 0. The molecule has 3 fully saturated rings. The Kier molecular flexibility index (Phi) is 3.77. The van der Waals surface area contributed by atoms with E-state index in [1.807, 2.05) is 30.3 Å². The highest BCUT2D eigenvalue weighted by Crippen LogP contribution is 2.60. The van der Waals surface area contributed by atoms with Crippen molar-refractivity contribution < 1.29 is 14.5 Å². The molecule has 2 aromatic rings. The molecule has 2 amide bonds. The molecule has 4 aliphatic rings. The zero-order valence-electron chi connectivity index (χ0n) is 16.4. The number of nitrogens with zero attached hydrogens (tertiary/aromatic N) is 5. The van der Waals surface area contributed by atoms with E-state index in [4.69, 9.17) is 0 Å². The molecule has 2 aromatic carbocycles. The first-order valence-electron chi connectivity index (χ1n) is 10.4. The van der Waals surface area contributed by atoms with Gasteiger partial charge in [0.25, 0.3) is 5.69 Å². The van der Waals surface area contributed by atoms with E-state index in [1.54, 1.807) is 23.2 Å². The Labute approximate surface area is 177 Å². The minimum atomic E-state index is -0.431. The third-order valence-electron chi connectivity index (χ3n) is 7.26. The number of anilines is 1. The van der Waals surface area contributed by atoms with Crippen molar-refractivity contribution in [2.45, 2.75) is 25.0 Å². The average Bonchev–Trinajstić information content (AvgIpc) is 3.51. The molecule has 9 nitrogen and oxygen atoms in total. The Balaban J connectivity index is 1.32. The maximum absolute atomic E-state index is 13.3. The second kappa shape index (κ2) is 6.44. The largest absolute Gasteiger partial charge is 0.294 e. The molecule has 6 atom stereocenters. The van der Waals surface area contributed by atoms with Crippen LogP contribution in [0.15, 0.2) is 64.9 Å². The first-order valence-corrected chi connectivity index (χ1v) is 10.4. The number of amides is 2. The summed E-state index contributed by atoms with van der Waals surface area (Å²) in [5.41, 5.74) is 1.25. The van der Waals surface area contributed by atoms with Crippen LogP contribution in [0.3, 0.4) is 0 Å². The lowest BCUT2D eigenvalue weighted by molar-refractivity contribution is -0.384. The number of para-hydroxylation sites is 2. The lowest BCUT2D eigenvalue weighted by atomic mass is 9.76. The molecule has 31 heavy (non-hydrogen) atoms. The van der Waals surface area contributed by atoms with E-state index in [0.29, 0.717) is 5.69 Å². The number of likely N-dealkylation sites (tertiary alicyclic amines) is 1. The maximum Gasteiger partial charge on any atom is 0.294 e. The number of benzene rings is 2. The van der Waals surface area contributed by atoms with Gasteiger partial charge in [-0.05, 0) is 29.9 Å². The molecular weight excluding hydrogens is 398 g/mol. The van der Waals surface area contributed by atoms with Crippen LogP contribution in [0, 0.1) is 33.8 Å². The summed E-state index contributed by atoms with van der Waals surface area (Å²) in [7, 11) is 0. The van der Waals surface area contributed by atoms with Gasteiger partial charge in [-0.3, -0.25) is 24.6 Å². The quantitative estimate of drug-likeness (QED) is 0.432. The molecule has 0 aromatic heterocycles. The van der Waals surface area contributed by atoms with Gasteiger partial charge in [0.2, 0.25) is 11.8 Å². The zero-order valence-corrected chi connectivity index (χ0v) is 16.4. The molecule has 2 aliphatic carbocycles. The van der Waals surface area contributed by atoms with E-state index in [1.165, 1.54) is 11.0 Å². The number of carbonyl (C=O) groups excluding carboxylic acids is 2. The molecule has 2 heterocycles. The summed E-state index contributed by atoms with van der Waals surface area (Å²) in [6.07, 6.45) is 0.720. The van der Waals surface area contributed by atoms with Gasteiger partial charge in [-0.25, -0.2) is 5.01 Å². The summed E-state index contributed by atoms with van der Waals surface area (Å²) >= 11 is 0. The predicted octanol–water partition coefficient (Wildman–Crippen LogP) is 2.97. The van der Waals surface area contributed by atoms with Crippen LogP contribution in [0.25, 0.3) is 0 Å². The molecule has 0 spiro atoms. The molecule has 9 heteroatoms. The van der Waals surface area contributed by atoms with Gasteiger partial charge in [0.05, 0.1) is 35.4 Å². The zero-order chi connectivity index (χ0) is 21.3. The van der Waals surface area contributed by atoms with E-state index in [-0.39, 0.29) is 53.9 Å². The first-order chi connectivity index (χ1) is 15.1. The fourth-order valence-corrected chi connectivity index (χ4v) is 6.09. The molecular formula is C22H19N5O4. The second-order valence-corrected chi connectivity index (χ2v) is 8.64. The number of nitro benzene ring substituents is 1. The van der Waals surface area contributed by atoms with Crippen molar-refractivity contribution in [3.8, 4) is 0 Å². The summed E-state index contributed by atoms with van der Waals surface area (Å²) in [6, 6.07) is 15.5. The third-order valence-corrected chi connectivity index (χ3v) is 7.26. The minimum absolute atomic E-state index is 0.0408. The van der Waals surface area contributed by atoms with Gasteiger partial charge in [0.15, 0.2) is 0 Å². The van der Waals surface area contributed by atoms with Crippen LogP contribution in [0.5, 0.6) is 0 Å². The monoisotopic (exact) mass is 417 g/mol. The van der Waals surface area contributed by atoms with E-state index >= 15 is 0 Å². The van der Waals surface area contributed by atoms with Crippen molar-refractivity contribution in [1.29, 1.82) is 0 Å². The number of hydrogen-bond acceptors (Lipinski definition) is 7. The highest BCUT2D eigenvalue weighted by atomic mass is 16.6. The van der Waals surface area contributed by atoms with E-state index < -0.39 is 10.8 Å². The van der Waals surface area contributed by atoms with Gasteiger partial charge in [-0.1, -0.05) is 47.7 Å². The molecule has 156 valence electrons. The molecule has 1 saturated heterocycles. The summed E-state index contributed by atoms with van der Waals surface area (Å²) in [5, 5.41) is 21.8. The topological polar surface area (TPSA) is 108 Å². The van der Waals surface area contributed by atoms with Crippen LogP contribution >= 0.6 is 0 Å². The van der Waals surface area contributed by atoms with Crippen molar-refractivity contribution in [2.24, 2.45) is 34.0 Å². The van der Waals surface area contributed by atoms with Gasteiger partial charge in [-0.2, -0.15) is 5.11 Å². The van der Waals surface area contributed by atoms with Gasteiger partial charge in [0.1, 0.15) is 5.69 Å². The highest BCUT2D eigenvalue weighted by Gasteiger charge is 2.70. The summed E-state index contributed by atoms with van der Waals surface area (Å²) in [4.78, 5) is 39.0. The van der Waals surface area contributed by atoms with Crippen LogP contribution in [-0.4, -0.2) is 33.7 Å². The number of fused-ring (bicyclic) bond motifs is 8. The molecule has 0 N–H and O–H groups in total. The lowest BCUT2D eigenvalue weighted by Gasteiger charge is -2.33. The van der Waals surface area contributed by atoms with Crippen molar-refractivity contribution in [1.82, 2.24) is 4.90 Å². The second-order valence-electron chi connectivity index (χ2n) is 8.64. The lowest BCUT2D eigenvalue weighted by Crippen LogP contribution is -2.47. The number of nitro groups is 1. The fraction of sp³-hybridized carbons (Fsp3) is 0.364. The Hall–Kier alpha value is -3.62. The van der Waals surface area contributed by atoms with Crippen molar-refractivity contribution in [2.75, 3.05) is 5.01 Å². The van der Waals surface area contributed by atoms with E-state index in [0.717, 1.165) is 12.0 Å². The Bertz CT molecular complexity index is 1140. The van der Waals surface area contributed by atoms with Gasteiger partial charge >= 0.3 is 0 Å². The van der Waals surface area contributed by atoms with Crippen LogP contribution in [0.1, 0.15) is 12.0 Å². The molecule has 0 unspecified atom stereocenters. The van der Waals surface area contributed by atoms with Crippen molar-refractivity contribution >= 4 is 23.2 Å². The highest BCUT2D eigenvalue weighted by molar-refractivity contribution is 6.06.